The topological polar surface area (TPSA) is 75.7 Å². The Labute approximate surface area is 170 Å². The van der Waals surface area contributed by atoms with Crippen LogP contribution >= 0.6 is 0 Å². The van der Waals surface area contributed by atoms with Crippen molar-refractivity contribution in [1.82, 2.24) is 10.2 Å². The zero-order valence-corrected chi connectivity index (χ0v) is 16.8. The Morgan fingerprint density at radius 2 is 1.72 bits per heavy atom. The van der Waals surface area contributed by atoms with Crippen LogP contribution in [-0.4, -0.2) is 42.3 Å². The molecule has 2 amide bonds. The average molecular weight is 394 g/mol. The molecule has 0 spiro atoms. The van der Waals surface area contributed by atoms with Crippen molar-refractivity contribution in [2.24, 2.45) is 5.92 Å². The van der Waals surface area contributed by atoms with Crippen molar-refractivity contribution in [3.05, 3.63) is 65.2 Å². The fourth-order valence-corrected chi connectivity index (χ4v) is 3.51. The fraction of sp³-hybridized carbons (Fsp3) is 0.348. The van der Waals surface area contributed by atoms with E-state index in [-0.39, 0.29) is 11.8 Å². The van der Waals surface area contributed by atoms with Crippen molar-refractivity contribution in [1.29, 1.82) is 0 Å². The summed E-state index contributed by atoms with van der Waals surface area (Å²) < 4.78 is 5.02. The maximum absolute atomic E-state index is 12.6. The predicted molar refractivity (Wildman–Crippen MR) is 110 cm³/mol. The summed E-state index contributed by atoms with van der Waals surface area (Å²) in [7, 11) is 0. The van der Waals surface area contributed by atoms with Crippen LogP contribution in [0.25, 0.3) is 0 Å². The highest BCUT2D eigenvalue weighted by atomic mass is 16.5. The molecule has 1 N–H and O–H groups in total. The van der Waals surface area contributed by atoms with E-state index in [4.69, 9.17) is 4.74 Å². The molecule has 0 saturated carbocycles. The van der Waals surface area contributed by atoms with E-state index in [1.54, 1.807) is 24.3 Å². The number of esters is 1. The highest BCUT2D eigenvalue weighted by Gasteiger charge is 2.24. The molecule has 0 atom stereocenters. The van der Waals surface area contributed by atoms with Gasteiger partial charge in [0.15, 0.2) is 0 Å². The Kier molecular flexibility index (Phi) is 6.65. The maximum Gasteiger partial charge on any atom is 0.308 e. The number of ether oxygens (including phenoxy) is 1. The Balaban J connectivity index is 1.48. The van der Waals surface area contributed by atoms with E-state index in [0.717, 1.165) is 24.0 Å². The molecule has 1 aliphatic heterocycles. The number of piperidine rings is 1. The first kappa shape index (κ1) is 20.6. The normalized spacial score (nSPS) is 14.3. The molecule has 3 rings (SSSR count). The van der Waals surface area contributed by atoms with Gasteiger partial charge in [-0.1, -0.05) is 23.8 Å². The minimum absolute atomic E-state index is 0.0680. The van der Waals surface area contributed by atoms with Crippen LogP contribution in [0.2, 0.25) is 0 Å². The van der Waals surface area contributed by atoms with Gasteiger partial charge in [-0.3, -0.25) is 14.4 Å². The second-order valence-electron chi connectivity index (χ2n) is 7.44. The van der Waals surface area contributed by atoms with Gasteiger partial charge < -0.3 is 15.0 Å². The number of nitrogens with zero attached hydrogens (tertiary/aromatic N) is 1. The number of amides is 2. The summed E-state index contributed by atoms with van der Waals surface area (Å²) in [5.41, 5.74) is 2.26. The first-order valence-corrected chi connectivity index (χ1v) is 9.85. The Morgan fingerprint density at radius 3 is 2.41 bits per heavy atom. The number of likely N-dealkylation sites (tertiary alicyclic amines) is 1. The average Bonchev–Trinajstić information content (AvgIpc) is 2.71. The standard InChI is InChI=1S/C23H26N2O4/c1-16-5-3-7-20(13-16)23(28)25-11-9-18(10-12-25)15-24-22(27)19-6-4-8-21(14-19)29-17(2)26/h3-8,13-14,18H,9-12,15H2,1-2H3,(H,24,27). The van der Waals surface area contributed by atoms with Crippen molar-refractivity contribution in [3.63, 3.8) is 0 Å². The summed E-state index contributed by atoms with van der Waals surface area (Å²) in [4.78, 5) is 38.0. The molecule has 0 bridgehead atoms. The van der Waals surface area contributed by atoms with Gasteiger partial charge in [0.2, 0.25) is 0 Å². The molecule has 6 nitrogen and oxygen atoms in total. The van der Waals surface area contributed by atoms with Crippen LogP contribution in [0.4, 0.5) is 0 Å². The van der Waals surface area contributed by atoms with Crippen LogP contribution in [0.1, 0.15) is 46.0 Å². The molecule has 6 heteroatoms. The number of hydrogen-bond donors (Lipinski definition) is 1. The van der Waals surface area contributed by atoms with Crippen molar-refractivity contribution in [2.45, 2.75) is 26.7 Å². The Morgan fingerprint density at radius 1 is 1.03 bits per heavy atom. The zero-order chi connectivity index (χ0) is 20.8. The minimum Gasteiger partial charge on any atom is -0.427 e. The number of aryl methyl sites for hydroxylation is 1. The molecule has 29 heavy (non-hydrogen) atoms. The number of hydrogen-bond acceptors (Lipinski definition) is 4. The van der Waals surface area contributed by atoms with Gasteiger partial charge in [-0.15, -0.1) is 0 Å². The molecule has 2 aromatic carbocycles. The zero-order valence-electron chi connectivity index (χ0n) is 16.8. The van der Waals surface area contributed by atoms with Crippen LogP contribution in [-0.2, 0) is 4.79 Å². The second-order valence-corrected chi connectivity index (χ2v) is 7.44. The number of carbonyl (C=O) groups excluding carboxylic acids is 3. The van der Waals surface area contributed by atoms with Gasteiger partial charge in [0, 0.05) is 37.7 Å². The number of benzene rings is 2. The van der Waals surface area contributed by atoms with E-state index in [1.165, 1.54) is 6.92 Å². The monoisotopic (exact) mass is 394 g/mol. The molecule has 1 heterocycles. The Hall–Kier alpha value is -3.15. The first-order chi connectivity index (χ1) is 13.9. The van der Waals surface area contributed by atoms with Crippen molar-refractivity contribution in [3.8, 4) is 5.75 Å². The summed E-state index contributed by atoms with van der Waals surface area (Å²) in [6.45, 7) is 5.24. The number of nitrogens with one attached hydrogen (secondary N) is 1. The molecule has 0 aliphatic carbocycles. The van der Waals surface area contributed by atoms with Gasteiger partial charge in [0.1, 0.15) is 5.75 Å². The lowest BCUT2D eigenvalue weighted by atomic mass is 9.96. The highest BCUT2D eigenvalue weighted by molar-refractivity contribution is 5.95. The lowest BCUT2D eigenvalue weighted by molar-refractivity contribution is -0.131. The molecule has 0 radical (unpaired) electrons. The summed E-state index contributed by atoms with van der Waals surface area (Å²) >= 11 is 0. The lowest BCUT2D eigenvalue weighted by Crippen LogP contribution is -2.41. The third-order valence-corrected chi connectivity index (χ3v) is 5.08. The third kappa shape index (κ3) is 5.67. The van der Waals surface area contributed by atoms with Gasteiger partial charge in [0.05, 0.1) is 0 Å². The summed E-state index contributed by atoms with van der Waals surface area (Å²) in [5, 5.41) is 2.95. The Bertz CT molecular complexity index is 901. The van der Waals surface area contributed by atoms with E-state index in [9.17, 15) is 14.4 Å². The molecule has 1 fully saturated rings. The minimum atomic E-state index is -0.422. The van der Waals surface area contributed by atoms with Gasteiger partial charge in [-0.25, -0.2) is 0 Å². The van der Waals surface area contributed by atoms with E-state index < -0.39 is 5.97 Å². The van der Waals surface area contributed by atoms with Crippen molar-refractivity contribution in [2.75, 3.05) is 19.6 Å². The number of carbonyl (C=O) groups is 3. The molecule has 1 saturated heterocycles. The second kappa shape index (κ2) is 9.37. The molecule has 0 aromatic heterocycles. The van der Waals surface area contributed by atoms with Crippen LogP contribution in [0, 0.1) is 12.8 Å². The van der Waals surface area contributed by atoms with Gasteiger partial charge in [0.25, 0.3) is 11.8 Å². The van der Waals surface area contributed by atoms with Gasteiger partial charge in [-0.2, -0.15) is 0 Å². The van der Waals surface area contributed by atoms with Gasteiger partial charge in [-0.05, 0) is 56.0 Å². The molecular formula is C23H26N2O4. The van der Waals surface area contributed by atoms with Crippen LogP contribution < -0.4 is 10.1 Å². The molecule has 152 valence electrons. The SMILES string of the molecule is CC(=O)Oc1cccc(C(=O)NCC2CCN(C(=O)c3cccc(C)c3)CC2)c1. The van der Waals surface area contributed by atoms with E-state index in [1.807, 2.05) is 36.1 Å². The van der Waals surface area contributed by atoms with Crippen molar-refractivity contribution < 1.29 is 19.1 Å². The quantitative estimate of drug-likeness (QED) is 0.624. The molecule has 1 aliphatic rings. The van der Waals surface area contributed by atoms with Crippen molar-refractivity contribution >= 4 is 17.8 Å². The fourth-order valence-electron chi connectivity index (χ4n) is 3.51. The van der Waals surface area contributed by atoms with E-state index >= 15 is 0 Å². The van der Waals surface area contributed by atoms with Crippen LogP contribution in [0.3, 0.4) is 0 Å². The highest BCUT2D eigenvalue weighted by Crippen LogP contribution is 2.19. The van der Waals surface area contributed by atoms with E-state index in [0.29, 0.717) is 36.9 Å². The van der Waals surface area contributed by atoms with Crippen LogP contribution in [0.15, 0.2) is 48.5 Å². The lowest BCUT2D eigenvalue weighted by Gasteiger charge is -2.32. The molecular weight excluding hydrogens is 368 g/mol. The maximum atomic E-state index is 12.6. The van der Waals surface area contributed by atoms with Crippen LogP contribution in [0.5, 0.6) is 5.75 Å². The molecule has 2 aromatic rings. The summed E-state index contributed by atoms with van der Waals surface area (Å²) in [5.74, 6) is 0.135. The van der Waals surface area contributed by atoms with E-state index in [2.05, 4.69) is 5.32 Å². The third-order valence-electron chi connectivity index (χ3n) is 5.08. The smallest absolute Gasteiger partial charge is 0.308 e. The summed E-state index contributed by atoms with van der Waals surface area (Å²) in [6.07, 6.45) is 1.71. The molecule has 0 unspecified atom stereocenters. The number of rotatable bonds is 5. The predicted octanol–water partition coefficient (Wildman–Crippen LogP) is 3.20. The van der Waals surface area contributed by atoms with Gasteiger partial charge >= 0.3 is 5.97 Å². The first-order valence-electron chi connectivity index (χ1n) is 9.85. The largest absolute Gasteiger partial charge is 0.427 e. The summed E-state index contributed by atoms with van der Waals surface area (Å²) in [6, 6.07) is 14.2.